The Bertz CT molecular complexity index is 1490. The van der Waals surface area contributed by atoms with Crippen LogP contribution in [0.5, 0.6) is 0 Å². The van der Waals surface area contributed by atoms with Crippen LogP contribution in [0.25, 0.3) is 0 Å². The number of hydrogen-bond acceptors (Lipinski definition) is 4. The number of carbonyl (C=O) groups excluding carboxylic acids is 2. The number of hydrogen-bond donors (Lipinski definition) is 1. The number of sulfonamides is 1. The first-order chi connectivity index (χ1) is 19.5. The van der Waals surface area contributed by atoms with E-state index >= 15 is 0 Å². The van der Waals surface area contributed by atoms with Crippen LogP contribution >= 0.6 is 0 Å². The molecule has 0 radical (unpaired) electrons. The van der Waals surface area contributed by atoms with Crippen molar-refractivity contribution < 1.29 is 31.2 Å². The van der Waals surface area contributed by atoms with Gasteiger partial charge in [0.2, 0.25) is 11.8 Å². The summed E-state index contributed by atoms with van der Waals surface area (Å²) in [6, 6.07) is 17.8. The molecule has 3 rings (SSSR count). The van der Waals surface area contributed by atoms with Gasteiger partial charge in [0.25, 0.3) is 10.0 Å². The molecule has 7 nitrogen and oxygen atoms in total. The molecule has 1 atom stereocenters. The molecule has 3 aromatic rings. The second-order valence-electron chi connectivity index (χ2n) is 11.1. The molecule has 3 aromatic carbocycles. The minimum Gasteiger partial charge on any atom is -0.350 e. The van der Waals surface area contributed by atoms with Crippen LogP contribution in [0.2, 0.25) is 0 Å². The molecular formula is C31H36F3N3O4S. The maximum absolute atomic E-state index is 13.9. The smallest absolute Gasteiger partial charge is 0.350 e. The van der Waals surface area contributed by atoms with Crippen molar-refractivity contribution in [1.29, 1.82) is 0 Å². The summed E-state index contributed by atoms with van der Waals surface area (Å²) < 4.78 is 69.1. The molecule has 0 aliphatic carbocycles. The molecule has 42 heavy (non-hydrogen) atoms. The van der Waals surface area contributed by atoms with Gasteiger partial charge in [0, 0.05) is 12.1 Å². The van der Waals surface area contributed by atoms with Crippen molar-refractivity contribution in [3.05, 3.63) is 95.6 Å². The van der Waals surface area contributed by atoms with E-state index in [1.807, 2.05) is 30.3 Å². The number of nitrogens with one attached hydrogen (secondary N) is 1. The predicted octanol–water partition coefficient (Wildman–Crippen LogP) is 5.58. The van der Waals surface area contributed by atoms with E-state index in [0.717, 1.165) is 23.3 Å². The quantitative estimate of drug-likeness (QED) is 0.328. The molecule has 2 amide bonds. The Hall–Kier alpha value is -3.86. The third-order valence-electron chi connectivity index (χ3n) is 6.50. The van der Waals surface area contributed by atoms with Crippen LogP contribution in [0.15, 0.2) is 83.8 Å². The molecular weight excluding hydrogens is 567 g/mol. The highest BCUT2D eigenvalue weighted by atomic mass is 32.2. The van der Waals surface area contributed by atoms with Crippen molar-refractivity contribution in [3.8, 4) is 0 Å². The Balaban J connectivity index is 2.05. The molecule has 0 saturated heterocycles. The first kappa shape index (κ1) is 32.7. The first-order valence-electron chi connectivity index (χ1n) is 13.4. The van der Waals surface area contributed by atoms with Crippen LogP contribution in [-0.2, 0) is 32.2 Å². The topological polar surface area (TPSA) is 86.8 Å². The van der Waals surface area contributed by atoms with Crippen molar-refractivity contribution in [2.45, 2.75) is 63.7 Å². The number of anilines is 1. The lowest BCUT2D eigenvalue weighted by molar-refractivity contribution is -0.139. The summed E-state index contributed by atoms with van der Waals surface area (Å²) in [6.45, 7) is 7.92. The average molecular weight is 604 g/mol. The van der Waals surface area contributed by atoms with Gasteiger partial charge in [-0.15, -0.1) is 0 Å². The molecule has 0 bridgehead atoms. The fourth-order valence-electron chi connectivity index (χ4n) is 4.25. The molecule has 1 unspecified atom stereocenters. The number of amides is 2. The Morgan fingerprint density at radius 1 is 0.905 bits per heavy atom. The van der Waals surface area contributed by atoms with Crippen molar-refractivity contribution >= 4 is 27.5 Å². The predicted molar refractivity (Wildman–Crippen MR) is 156 cm³/mol. The number of alkyl halides is 3. The fraction of sp³-hybridized carbons (Fsp3) is 0.355. The molecule has 0 fully saturated rings. The highest BCUT2D eigenvalue weighted by molar-refractivity contribution is 7.92. The number of benzene rings is 3. The first-order valence-corrected chi connectivity index (χ1v) is 14.8. The SMILES string of the molecule is Cc1ccc(S(=O)(=O)N(CC(=O)N(CCc2ccccc2)C(C)C(=O)NC(C)(C)C)c2cccc(C(F)(F)F)c2)cc1. The van der Waals surface area contributed by atoms with Crippen LogP contribution in [0.4, 0.5) is 18.9 Å². The Labute approximate surface area is 245 Å². The van der Waals surface area contributed by atoms with Crippen LogP contribution in [0.1, 0.15) is 44.4 Å². The van der Waals surface area contributed by atoms with E-state index in [9.17, 15) is 31.2 Å². The Morgan fingerprint density at radius 2 is 1.52 bits per heavy atom. The molecule has 0 aromatic heterocycles. The summed E-state index contributed by atoms with van der Waals surface area (Å²) in [7, 11) is -4.49. The van der Waals surface area contributed by atoms with Crippen LogP contribution in [0.3, 0.4) is 0 Å². The minimum absolute atomic E-state index is 0.0720. The van der Waals surface area contributed by atoms with Gasteiger partial charge in [0.1, 0.15) is 12.6 Å². The van der Waals surface area contributed by atoms with Gasteiger partial charge in [0.15, 0.2) is 0 Å². The van der Waals surface area contributed by atoms with E-state index < -0.39 is 51.7 Å². The van der Waals surface area contributed by atoms with Crippen LogP contribution < -0.4 is 9.62 Å². The van der Waals surface area contributed by atoms with Gasteiger partial charge in [-0.3, -0.25) is 13.9 Å². The van der Waals surface area contributed by atoms with Gasteiger partial charge in [-0.1, -0.05) is 54.1 Å². The highest BCUT2D eigenvalue weighted by Crippen LogP contribution is 2.33. The van der Waals surface area contributed by atoms with Gasteiger partial charge in [-0.2, -0.15) is 13.2 Å². The van der Waals surface area contributed by atoms with E-state index in [2.05, 4.69) is 5.32 Å². The third kappa shape index (κ3) is 8.58. The lowest BCUT2D eigenvalue weighted by atomic mass is 10.1. The summed E-state index contributed by atoms with van der Waals surface area (Å²) in [6.07, 6.45) is -4.37. The van der Waals surface area contributed by atoms with Crippen molar-refractivity contribution in [1.82, 2.24) is 10.2 Å². The van der Waals surface area contributed by atoms with Crippen molar-refractivity contribution in [2.24, 2.45) is 0 Å². The fourth-order valence-corrected chi connectivity index (χ4v) is 5.65. The largest absolute Gasteiger partial charge is 0.416 e. The lowest BCUT2D eigenvalue weighted by Crippen LogP contribution is -2.55. The average Bonchev–Trinajstić information content (AvgIpc) is 2.91. The number of aryl methyl sites for hydroxylation is 1. The molecule has 0 aliphatic rings. The van der Waals surface area contributed by atoms with Gasteiger partial charge in [-0.05, 0) is 76.9 Å². The monoisotopic (exact) mass is 603 g/mol. The zero-order valence-electron chi connectivity index (χ0n) is 24.3. The Kier molecular flexibility index (Phi) is 10.1. The second-order valence-corrected chi connectivity index (χ2v) is 13.0. The maximum Gasteiger partial charge on any atom is 0.416 e. The summed E-state index contributed by atoms with van der Waals surface area (Å²) in [5.74, 6) is -1.19. The summed E-state index contributed by atoms with van der Waals surface area (Å²) in [5.41, 5.74) is -0.315. The summed E-state index contributed by atoms with van der Waals surface area (Å²) in [5, 5.41) is 2.83. The van der Waals surface area contributed by atoms with Crippen LogP contribution in [-0.4, -0.2) is 49.8 Å². The molecule has 226 valence electrons. The normalized spacial score (nSPS) is 12.9. The number of rotatable bonds is 10. The van der Waals surface area contributed by atoms with E-state index in [0.29, 0.717) is 16.8 Å². The van der Waals surface area contributed by atoms with E-state index in [1.165, 1.54) is 30.0 Å². The highest BCUT2D eigenvalue weighted by Gasteiger charge is 2.35. The summed E-state index contributed by atoms with van der Waals surface area (Å²) in [4.78, 5) is 28.1. The minimum atomic E-state index is -4.74. The zero-order chi connectivity index (χ0) is 31.3. The third-order valence-corrected chi connectivity index (χ3v) is 8.29. The molecule has 0 spiro atoms. The molecule has 0 heterocycles. The van der Waals surface area contributed by atoms with Gasteiger partial charge < -0.3 is 10.2 Å². The Morgan fingerprint density at radius 3 is 2.10 bits per heavy atom. The van der Waals surface area contributed by atoms with Gasteiger partial charge in [-0.25, -0.2) is 8.42 Å². The van der Waals surface area contributed by atoms with Crippen molar-refractivity contribution in [2.75, 3.05) is 17.4 Å². The molecule has 0 aliphatic heterocycles. The number of carbonyl (C=O) groups is 2. The molecule has 11 heteroatoms. The van der Waals surface area contributed by atoms with Gasteiger partial charge >= 0.3 is 6.18 Å². The standard InChI is InChI=1S/C31H36F3N3O4S/c1-22-14-16-27(17-15-22)42(40,41)37(26-13-9-12-25(20-26)31(32,33)34)21-28(38)36(19-18-24-10-7-6-8-11-24)23(2)29(39)35-30(3,4)5/h6-17,20,23H,18-19,21H2,1-5H3,(H,35,39). The van der Waals surface area contributed by atoms with Crippen molar-refractivity contribution in [3.63, 3.8) is 0 Å². The van der Waals surface area contributed by atoms with Crippen LogP contribution in [0, 0.1) is 6.92 Å². The summed E-state index contributed by atoms with van der Waals surface area (Å²) >= 11 is 0. The number of halogens is 3. The van der Waals surface area contributed by atoms with Gasteiger partial charge in [0.05, 0.1) is 16.1 Å². The molecule has 1 N–H and O–H groups in total. The zero-order valence-corrected chi connectivity index (χ0v) is 25.1. The maximum atomic E-state index is 13.9. The lowest BCUT2D eigenvalue weighted by Gasteiger charge is -2.33. The van der Waals surface area contributed by atoms with E-state index in [1.54, 1.807) is 39.8 Å². The van der Waals surface area contributed by atoms with E-state index in [4.69, 9.17) is 0 Å². The second kappa shape index (κ2) is 13.0. The molecule has 0 saturated carbocycles. The number of nitrogens with zero attached hydrogens (tertiary/aromatic N) is 2. The van der Waals surface area contributed by atoms with E-state index in [-0.39, 0.29) is 17.1 Å².